The maximum atomic E-state index is 12.3. The van der Waals surface area contributed by atoms with Crippen molar-refractivity contribution in [1.82, 2.24) is 15.1 Å². The summed E-state index contributed by atoms with van der Waals surface area (Å²) >= 11 is 0. The zero-order valence-corrected chi connectivity index (χ0v) is 16.8. The van der Waals surface area contributed by atoms with Crippen LogP contribution in [0.5, 0.6) is 0 Å². The molecule has 0 spiro atoms. The fourth-order valence-electron chi connectivity index (χ4n) is 2.90. The van der Waals surface area contributed by atoms with Crippen molar-refractivity contribution in [2.24, 2.45) is 10.9 Å². The molecule has 1 fully saturated rings. The van der Waals surface area contributed by atoms with E-state index in [1.807, 2.05) is 39.6 Å². The number of rotatable bonds is 6. The van der Waals surface area contributed by atoms with Gasteiger partial charge in [0.1, 0.15) is 5.60 Å². The van der Waals surface area contributed by atoms with Crippen LogP contribution in [0.1, 0.15) is 40.5 Å². The molecule has 1 saturated heterocycles. The fraction of sp³-hybridized carbons (Fsp3) is 0.889. The molecule has 0 radical (unpaired) electrons. The Hall–Kier alpha value is -1.50. The number of likely N-dealkylation sites (tertiary alicyclic amines) is 1. The molecule has 25 heavy (non-hydrogen) atoms. The van der Waals surface area contributed by atoms with Gasteiger partial charge >= 0.3 is 6.09 Å². The van der Waals surface area contributed by atoms with E-state index in [4.69, 9.17) is 9.47 Å². The standard InChI is InChI=1S/C18H36N4O3/c1-7-21(17(23)25-18(2,3)4)14-15-8-11-22(12-9-15)16(19-5)20-10-13-24-6/h15H,7-14H2,1-6H3,(H,19,20). The van der Waals surface area contributed by atoms with E-state index in [-0.39, 0.29) is 6.09 Å². The van der Waals surface area contributed by atoms with Crippen LogP contribution < -0.4 is 5.32 Å². The molecule has 1 amide bonds. The molecule has 0 aliphatic carbocycles. The van der Waals surface area contributed by atoms with Gasteiger partial charge in [-0.05, 0) is 46.5 Å². The Morgan fingerprint density at radius 2 is 1.96 bits per heavy atom. The van der Waals surface area contributed by atoms with Crippen molar-refractivity contribution in [3.8, 4) is 0 Å². The van der Waals surface area contributed by atoms with Gasteiger partial charge in [0.25, 0.3) is 0 Å². The number of carbonyl (C=O) groups excluding carboxylic acids is 1. The molecule has 0 unspecified atom stereocenters. The van der Waals surface area contributed by atoms with Crippen LogP contribution >= 0.6 is 0 Å². The molecule has 1 rings (SSSR count). The largest absolute Gasteiger partial charge is 0.444 e. The average Bonchev–Trinajstić information content (AvgIpc) is 2.56. The molecule has 1 heterocycles. The van der Waals surface area contributed by atoms with Gasteiger partial charge in [-0.2, -0.15) is 0 Å². The maximum absolute atomic E-state index is 12.3. The molecule has 0 bridgehead atoms. The van der Waals surface area contributed by atoms with Gasteiger partial charge in [-0.25, -0.2) is 4.79 Å². The molecule has 1 aliphatic rings. The van der Waals surface area contributed by atoms with Crippen molar-refractivity contribution >= 4 is 12.1 Å². The molecular weight excluding hydrogens is 320 g/mol. The monoisotopic (exact) mass is 356 g/mol. The van der Waals surface area contributed by atoms with Crippen molar-refractivity contribution < 1.29 is 14.3 Å². The summed E-state index contributed by atoms with van der Waals surface area (Å²) in [5, 5.41) is 3.32. The van der Waals surface area contributed by atoms with Crippen LogP contribution in [0, 0.1) is 5.92 Å². The van der Waals surface area contributed by atoms with E-state index in [1.165, 1.54) is 0 Å². The van der Waals surface area contributed by atoms with Crippen molar-refractivity contribution in [2.75, 3.05) is 53.5 Å². The van der Waals surface area contributed by atoms with Crippen LogP contribution in [0.2, 0.25) is 0 Å². The highest BCUT2D eigenvalue weighted by molar-refractivity contribution is 5.79. The third kappa shape index (κ3) is 7.94. The molecule has 0 atom stereocenters. The molecule has 0 saturated carbocycles. The SMILES string of the molecule is CCN(CC1CCN(C(=NC)NCCOC)CC1)C(=O)OC(C)(C)C. The molecule has 7 heteroatoms. The molecule has 7 nitrogen and oxygen atoms in total. The van der Waals surface area contributed by atoms with Crippen LogP contribution in [0.25, 0.3) is 0 Å². The van der Waals surface area contributed by atoms with E-state index >= 15 is 0 Å². The second kappa shape index (κ2) is 10.5. The summed E-state index contributed by atoms with van der Waals surface area (Å²) < 4.78 is 10.6. The molecule has 1 aliphatic heterocycles. The first-order chi connectivity index (χ1) is 11.8. The molecule has 1 N–H and O–H groups in total. The number of hydrogen-bond donors (Lipinski definition) is 1. The lowest BCUT2D eigenvalue weighted by Gasteiger charge is -2.36. The lowest BCUT2D eigenvalue weighted by atomic mass is 9.96. The summed E-state index contributed by atoms with van der Waals surface area (Å²) in [4.78, 5) is 20.7. The molecule has 0 aromatic rings. The molecule has 0 aromatic heterocycles. The van der Waals surface area contributed by atoms with Crippen molar-refractivity contribution in [2.45, 2.75) is 46.1 Å². The molecular formula is C18H36N4O3. The van der Waals surface area contributed by atoms with Crippen LogP contribution in [-0.4, -0.2) is 80.9 Å². The Labute approximate surface area is 152 Å². The highest BCUT2D eigenvalue weighted by atomic mass is 16.6. The second-order valence-corrected chi connectivity index (χ2v) is 7.42. The Kier molecular flexibility index (Phi) is 9.03. The van der Waals surface area contributed by atoms with Crippen LogP contribution in [-0.2, 0) is 9.47 Å². The number of piperidine rings is 1. The number of ether oxygens (including phenoxy) is 2. The first kappa shape index (κ1) is 21.5. The van der Waals surface area contributed by atoms with Crippen molar-refractivity contribution in [3.05, 3.63) is 0 Å². The smallest absolute Gasteiger partial charge is 0.410 e. The van der Waals surface area contributed by atoms with E-state index in [9.17, 15) is 4.79 Å². The Morgan fingerprint density at radius 1 is 1.32 bits per heavy atom. The minimum absolute atomic E-state index is 0.213. The zero-order valence-electron chi connectivity index (χ0n) is 16.8. The van der Waals surface area contributed by atoms with E-state index < -0.39 is 5.60 Å². The van der Waals surface area contributed by atoms with Gasteiger partial charge in [0.2, 0.25) is 0 Å². The van der Waals surface area contributed by atoms with Crippen LogP contribution in [0.15, 0.2) is 4.99 Å². The Bertz CT molecular complexity index is 427. The summed E-state index contributed by atoms with van der Waals surface area (Å²) in [5.74, 6) is 1.43. The summed E-state index contributed by atoms with van der Waals surface area (Å²) in [6.45, 7) is 12.5. The summed E-state index contributed by atoms with van der Waals surface area (Å²) in [6.07, 6.45) is 1.88. The number of carbonyl (C=O) groups is 1. The van der Waals surface area contributed by atoms with E-state index in [0.717, 1.165) is 45.0 Å². The van der Waals surface area contributed by atoms with Crippen LogP contribution in [0.4, 0.5) is 4.79 Å². The van der Waals surface area contributed by atoms with Gasteiger partial charge in [-0.15, -0.1) is 0 Å². The van der Waals surface area contributed by atoms with E-state index in [2.05, 4.69) is 15.2 Å². The van der Waals surface area contributed by atoms with Gasteiger partial charge < -0.3 is 24.6 Å². The average molecular weight is 357 g/mol. The number of nitrogens with zero attached hydrogens (tertiary/aromatic N) is 3. The minimum Gasteiger partial charge on any atom is -0.444 e. The quantitative estimate of drug-likeness (QED) is 0.449. The van der Waals surface area contributed by atoms with E-state index in [0.29, 0.717) is 19.1 Å². The van der Waals surface area contributed by atoms with Gasteiger partial charge in [0, 0.05) is 46.9 Å². The maximum Gasteiger partial charge on any atom is 0.410 e. The van der Waals surface area contributed by atoms with E-state index in [1.54, 1.807) is 7.11 Å². The minimum atomic E-state index is -0.450. The molecule has 0 aromatic carbocycles. The van der Waals surface area contributed by atoms with Gasteiger partial charge in [-0.1, -0.05) is 0 Å². The third-order valence-corrected chi connectivity index (χ3v) is 4.23. The number of aliphatic imine (C=N–C) groups is 1. The number of guanidine groups is 1. The van der Waals surface area contributed by atoms with Gasteiger partial charge in [0.05, 0.1) is 6.61 Å². The number of nitrogens with one attached hydrogen (secondary N) is 1. The lowest BCUT2D eigenvalue weighted by Crippen LogP contribution is -2.48. The van der Waals surface area contributed by atoms with Gasteiger partial charge in [0.15, 0.2) is 5.96 Å². The fourth-order valence-corrected chi connectivity index (χ4v) is 2.90. The highest BCUT2D eigenvalue weighted by Gasteiger charge is 2.26. The first-order valence-corrected chi connectivity index (χ1v) is 9.23. The Balaban J connectivity index is 2.45. The lowest BCUT2D eigenvalue weighted by molar-refractivity contribution is 0.0214. The summed E-state index contributed by atoms with van der Waals surface area (Å²) in [7, 11) is 3.50. The molecule has 146 valence electrons. The second-order valence-electron chi connectivity index (χ2n) is 7.42. The van der Waals surface area contributed by atoms with Crippen molar-refractivity contribution in [1.29, 1.82) is 0 Å². The normalized spacial score (nSPS) is 16.7. The predicted molar refractivity (Wildman–Crippen MR) is 101 cm³/mol. The summed E-state index contributed by atoms with van der Waals surface area (Å²) in [5.41, 5.74) is -0.450. The predicted octanol–water partition coefficient (Wildman–Crippen LogP) is 2.18. The third-order valence-electron chi connectivity index (χ3n) is 4.23. The number of amides is 1. The van der Waals surface area contributed by atoms with Gasteiger partial charge in [-0.3, -0.25) is 4.99 Å². The topological polar surface area (TPSA) is 66.4 Å². The highest BCUT2D eigenvalue weighted by Crippen LogP contribution is 2.20. The Morgan fingerprint density at radius 3 is 2.44 bits per heavy atom. The summed E-state index contributed by atoms with van der Waals surface area (Å²) in [6, 6.07) is 0. The zero-order chi connectivity index (χ0) is 18.9. The first-order valence-electron chi connectivity index (χ1n) is 9.23. The number of methoxy groups -OCH3 is 1. The van der Waals surface area contributed by atoms with Crippen LogP contribution in [0.3, 0.4) is 0 Å². The number of hydrogen-bond acceptors (Lipinski definition) is 4. The van der Waals surface area contributed by atoms with Crippen molar-refractivity contribution in [3.63, 3.8) is 0 Å².